The normalized spacial score (nSPS) is 19.7. The van der Waals surface area contributed by atoms with Gasteiger partial charge in [0.15, 0.2) is 0 Å². The predicted octanol–water partition coefficient (Wildman–Crippen LogP) is 2.38. The highest BCUT2D eigenvalue weighted by molar-refractivity contribution is 7.91. The van der Waals surface area contributed by atoms with Gasteiger partial charge in [-0.3, -0.25) is 14.5 Å². The second kappa shape index (κ2) is 10.9. The van der Waals surface area contributed by atoms with Gasteiger partial charge in [0.05, 0.1) is 17.0 Å². The van der Waals surface area contributed by atoms with E-state index in [1.165, 1.54) is 40.2 Å². The second-order valence-corrected chi connectivity index (χ2v) is 14.2. The van der Waals surface area contributed by atoms with E-state index < -0.39 is 43.9 Å². The molecular weight excluding hydrogens is 561 g/mol. The molecule has 2 aliphatic heterocycles. The first-order valence-corrected chi connectivity index (χ1v) is 16.3. The Kier molecular flexibility index (Phi) is 7.73. The third kappa shape index (κ3) is 5.69. The molecule has 2 fully saturated rings. The first-order chi connectivity index (χ1) is 18.6. The van der Waals surface area contributed by atoms with Gasteiger partial charge in [-0.2, -0.15) is 4.31 Å². The van der Waals surface area contributed by atoms with Gasteiger partial charge < -0.3 is 0 Å². The van der Waals surface area contributed by atoms with Gasteiger partial charge in [-0.25, -0.2) is 26.9 Å². The Hall–Kier alpha value is -2.94. The maximum atomic E-state index is 13.9. The second-order valence-electron chi connectivity index (χ2n) is 9.59. The molecule has 1 atom stereocenters. The van der Waals surface area contributed by atoms with Crippen LogP contribution in [0.5, 0.6) is 0 Å². The largest absolute Gasteiger partial charge is 0.299 e. The molecule has 206 valence electrons. The lowest BCUT2D eigenvalue weighted by Gasteiger charge is -2.39. The molecular formula is C26H28N4O6S3. The molecule has 2 N–H and O–H groups in total. The Bertz CT molecular complexity index is 1550. The highest BCUT2D eigenvalue weighted by Gasteiger charge is 2.50. The number of amides is 2. The molecule has 13 heteroatoms. The summed E-state index contributed by atoms with van der Waals surface area (Å²) >= 11 is 1.07. The minimum Gasteiger partial charge on any atom is -0.299 e. The molecule has 0 saturated carbocycles. The van der Waals surface area contributed by atoms with Crippen molar-refractivity contribution < 1.29 is 26.4 Å². The van der Waals surface area contributed by atoms with Crippen LogP contribution in [0.1, 0.15) is 24.8 Å². The third-order valence-corrected chi connectivity index (χ3v) is 11.3. The van der Waals surface area contributed by atoms with Crippen LogP contribution in [0.2, 0.25) is 0 Å². The number of nitrogens with two attached hydrogens (primary N) is 1. The molecule has 0 bridgehead atoms. The zero-order valence-corrected chi connectivity index (χ0v) is 23.4. The molecule has 1 unspecified atom stereocenters. The third-order valence-electron chi connectivity index (χ3n) is 7.05. The summed E-state index contributed by atoms with van der Waals surface area (Å²) in [5, 5.41) is 6.82. The summed E-state index contributed by atoms with van der Waals surface area (Å²) in [6.07, 6.45) is 0.724. The van der Waals surface area contributed by atoms with Crippen LogP contribution in [0, 0.1) is 0 Å². The number of sulfonamides is 2. The topological polar surface area (TPSA) is 138 Å². The number of likely N-dealkylation sites (tertiary alicyclic amines) is 1. The number of hydrogen-bond acceptors (Lipinski definition) is 8. The monoisotopic (exact) mass is 588 g/mol. The van der Waals surface area contributed by atoms with Crippen LogP contribution < -0.4 is 10.0 Å². The molecule has 5 rings (SSSR count). The van der Waals surface area contributed by atoms with Gasteiger partial charge >= 0.3 is 0 Å². The van der Waals surface area contributed by atoms with Gasteiger partial charge in [-0.05, 0) is 54.1 Å². The minimum absolute atomic E-state index is 0.116. The van der Waals surface area contributed by atoms with Crippen molar-refractivity contribution in [1.82, 2.24) is 9.21 Å². The summed E-state index contributed by atoms with van der Waals surface area (Å²) < 4.78 is 52.3. The number of thiophene rings is 1. The Morgan fingerprint density at radius 3 is 2.15 bits per heavy atom. The molecule has 3 aromatic rings. The van der Waals surface area contributed by atoms with Crippen LogP contribution in [0.25, 0.3) is 0 Å². The number of hydrogen-bond donors (Lipinski definition) is 1. The van der Waals surface area contributed by atoms with E-state index in [1.54, 1.807) is 11.4 Å². The smallest absolute Gasteiger partial charge is 0.253 e. The van der Waals surface area contributed by atoms with Gasteiger partial charge in [0.2, 0.25) is 15.9 Å². The maximum absolute atomic E-state index is 13.9. The van der Waals surface area contributed by atoms with Gasteiger partial charge in [0.25, 0.3) is 15.9 Å². The number of benzene rings is 2. The van der Waals surface area contributed by atoms with E-state index in [0.29, 0.717) is 25.9 Å². The number of piperidine rings is 1. The van der Waals surface area contributed by atoms with Gasteiger partial charge in [0, 0.05) is 25.7 Å². The summed E-state index contributed by atoms with van der Waals surface area (Å²) in [7, 11) is -8.02. The zero-order chi connectivity index (χ0) is 27.8. The molecule has 2 aromatic carbocycles. The first-order valence-electron chi connectivity index (χ1n) is 12.4. The summed E-state index contributed by atoms with van der Waals surface area (Å²) in [5.41, 5.74) is 1.32. The van der Waals surface area contributed by atoms with E-state index in [4.69, 9.17) is 5.14 Å². The van der Waals surface area contributed by atoms with Crippen LogP contribution in [-0.4, -0.2) is 63.0 Å². The fraction of sp³-hybridized carbons (Fsp3) is 0.308. The lowest BCUT2D eigenvalue weighted by atomic mass is 10.0. The van der Waals surface area contributed by atoms with Crippen molar-refractivity contribution >= 4 is 48.9 Å². The van der Waals surface area contributed by atoms with Gasteiger partial charge in [-0.1, -0.05) is 36.4 Å². The van der Waals surface area contributed by atoms with E-state index in [-0.39, 0.29) is 21.2 Å². The molecule has 0 radical (unpaired) electrons. The van der Waals surface area contributed by atoms with E-state index in [0.717, 1.165) is 22.8 Å². The zero-order valence-electron chi connectivity index (χ0n) is 20.9. The molecule has 10 nitrogen and oxygen atoms in total. The van der Waals surface area contributed by atoms with Crippen LogP contribution in [0.15, 0.2) is 81.2 Å². The van der Waals surface area contributed by atoms with Crippen molar-refractivity contribution in [2.75, 3.05) is 18.0 Å². The van der Waals surface area contributed by atoms with Crippen molar-refractivity contribution in [1.29, 1.82) is 0 Å². The molecule has 3 heterocycles. The predicted molar refractivity (Wildman–Crippen MR) is 147 cm³/mol. The fourth-order valence-electron chi connectivity index (χ4n) is 5.18. The maximum Gasteiger partial charge on any atom is 0.253 e. The highest BCUT2D eigenvalue weighted by Crippen LogP contribution is 2.35. The number of carbonyl (C=O) groups excluding carboxylic acids is 2. The van der Waals surface area contributed by atoms with Crippen molar-refractivity contribution in [3.8, 4) is 0 Å². The molecule has 39 heavy (non-hydrogen) atoms. The van der Waals surface area contributed by atoms with Gasteiger partial charge in [0.1, 0.15) is 10.3 Å². The fourth-order valence-corrected chi connectivity index (χ4v) is 8.61. The molecule has 0 spiro atoms. The Morgan fingerprint density at radius 1 is 0.897 bits per heavy atom. The van der Waals surface area contributed by atoms with Crippen molar-refractivity contribution in [2.45, 2.75) is 47.0 Å². The van der Waals surface area contributed by atoms with Crippen LogP contribution >= 0.6 is 11.3 Å². The van der Waals surface area contributed by atoms with Crippen molar-refractivity contribution in [3.05, 3.63) is 77.7 Å². The molecule has 2 aliphatic rings. The molecule has 2 amide bonds. The number of carbonyl (C=O) groups is 2. The summed E-state index contributed by atoms with van der Waals surface area (Å²) in [6.45, 7) is 2.03. The molecule has 2 saturated heterocycles. The highest BCUT2D eigenvalue weighted by atomic mass is 32.2. The molecule has 1 aromatic heterocycles. The number of rotatable bonds is 8. The Balaban J connectivity index is 1.41. The number of primary sulfonamides is 1. The average molecular weight is 589 g/mol. The summed E-state index contributed by atoms with van der Waals surface area (Å²) in [5.74, 6) is -1.21. The lowest BCUT2D eigenvalue weighted by Crippen LogP contribution is -2.53. The van der Waals surface area contributed by atoms with E-state index in [9.17, 15) is 26.4 Å². The number of nitrogens with zero attached hydrogens (tertiary/aromatic N) is 3. The lowest BCUT2D eigenvalue weighted by molar-refractivity contribution is -0.122. The Morgan fingerprint density at radius 2 is 1.56 bits per heavy atom. The Labute approximate surface area is 231 Å². The first kappa shape index (κ1) is 27.6. The number of imide groups is 1. The van der Waals surface area contributed by atoms with Crippen LogP contribution in [-0.2, 0) is 36.2 Å². The minimum atomic E-state index is -4.07. The quantitative estimate of drug-likeness (QED) is 0.399. The summed E-state index contributed by atoms with van der Waals surface area (Å²) in [6, 6.07) is 16.5. The SMILES string of the molecule is NS(=O)(=O)c1ccc(N2C(=O)CC(N(C3CCN(Cc4ccccc4)CC3)S(=O)(=O)c3cccs3)C2=O)cc1. The number of anilines is 1. The summed E-state index contributed by atoms with van der Waals surface area (Å²) in [4.78, 5) is 29.7. The average Bonchev–Trinajstić information content (AvgIpc) is 3.55. The van der Waals surface area contributed by atoms with E-state index in [1.807, 2.05) is 30.3 Å². The molecule has 0 aliphatic carbocycles. The van der Waals surface area contributed by atoms with Crippen molar-refractivity contribution in [3.63, 3.8) is 0 Å². The van der Waals surface area contributed by atoms with Crippen LogP contribution in [0.3, 0.4) is 0 Å². The van der Waals surface area contributed by atoms with Crippen molar-refractivity contribution in [2.24, 2.45) is 5.14 Å². The van der Waals surface area contributed by atoms with Crippen LogP contribution in [0.4, 0.5) is 5.69 Å². The standard InChI is InChI=1S/C26H28N4O6S3/c27-38(33,34)22-10-8-20(9-11-22)29-24(31)17-23(26(29)32)30(39(35,36)25-7-4-16-37-25)21-12-14-28(15-13-21)18-19-5-2-1-3-6-19/h1-11,16,21,23H,12-15,17-18H2,(H2,27,33,34). The van der Waals surface area contributed by atoms with E-state index in [2.05, 4.69) is 4.90 Å². The van der Waals surface area contributed by atoms with Gasteiger partial charge in [-0.15, -0.1) is 11.3 Å². The van der Waals surface area contributed by atoms with E-state index >= 15 is 0 Å².